The summed E-state index contributed by atoms with van der Waals surface area (Å²) >= 11 is 0. The number of hydrogen-bond acceptors (Lipinski definition) is 4. The topological polar surface area (TPSA) is 56.1 Å². The first-order chi connectivity index (χ1) is 12.5. The number of allylic oxidation sites excluding steroid dienone is 1. The summed E-state index contributed by atoms with van der Waals surface area (Å²) in [5.74, 6) is 0.407. The summed E-state index contributed by atoms with van der Waals surface area (Å²) in [5, 5.41) is 3.28. The predicted octanol–water partition coefficient (Wildman–Crippen LogP) is 4.12. The van der Waals surface area contributed by atoms with Gasteiger partial charge in [0.15, 0.2) is 0 Å². The van der Waals surface area contributed by atoms with E-state index in [0.29, 0.717) is 5.57 Å². The van der Waals surface area contributed by atoms with Gasteiger partial charge in [0, 0.05) is 5.70 Å². The normalized spacial score (nSPS) is 16.4. The number of esters is 1. The molecule has 5 heteroatoms. The number of carbonyl (C=O) groups is 1. The fourth-order valence-corrected chi connectivity index (χ4v) is 3.59. The minimum atomic E-state index is -0.333. The number of aromatic nitrogens is 2. The molecule has 5 nitrogen and oxygen atoms in total. The molecule has 1 unspecified atom stereocenters. The number of nitrogens with zero attached hydrogens (tertiary/aromatic N) is 2. The lowest BCUT2D eigenvalue weighted by Gasteiger charge is -2.30. The Morgan fingerprint density at radius 3 is 2.50 bits per heavy atom. The number of nitrogens with one attached hydrogen (secondary N) is 1. The molecule has 1 aliphatic heterocycles. The Labute approximate surface area is 152 Å². The largest absolute Gasteiger partial charge is 0.466 e. The Balaban J connectivity index is 2.04. The van der Waals surface area contributed by atoms with Gasteiger partial charge in [0.2, 0.25) is 5.95 Å². The van der Waals surface area contributed by atoms with Gasteiger partial charge in [-0.05, 0) is 49.6 Å². The van der Waals surface area contributed by atoms with Crippen molar-refractivity contribution >= 4 is 23.0 Å². The highest BCUT2D eigenvalue weighted by atomic mass is 16.5. The standard InChI is InChI=1S/C21H21N3O2/c1-12-10-16-17(11-13(12)2)24-19(15-8-6-5-7-9-15)18(20(25)26-4)14(3)22-21(24)23-16/h5-11,19H,1-4H3,(H,22,23). The highest BCUT2D eigenvalue weighted by Gasteiger charge is 2.34. The number of imidazole rings is 1. The Hall–Kier alpha value is -3.08. The van der Waals surface area contributed by atoms with Crippen LogP contribution in [-0.2, 0) is 9.53 Å². The molecule has 1 aromatic heterocycles. The molecule has 1 aliphatic rings. The van der Waals surface area contributed by atoms with Gasteiger partial charge in [-0.15, -0.1) is 0 Å². The van der Waals surface area contributed by atoms with Crippen LogP contribution in [0.2, 0.25) is 0 Å². The van der Waals surface area contributed by atoms with Gasteiger partial charge in [-0.3, -0.25) is 4.57 Å². The Bertz CT molecular complexity index is 1050. The van der Waals surface area contributed by atoms with Crippen LogP contribution in [0.3, 0.4) is 0 Å². The second-order valence-electron chi connectivity index (χ2n) is 6.70. The van der Waals surface area contributed by atoms with Crippen molar-refractivity contribution in [1.82, 2.24) is 9.55 Å². The molecule has 0 fully saturated rings. The van der Waals surface area contributed by atoms with E-state index in [1.807, 2.05) is 37.3 Å². The van der Waals surface area contributed by atoms with Crippen molar-refractivity contribution in [2.45, 2.75) is 26.8 Å². The van der Waals surface area contributed by atoms with Crippen molar-refractivity contribution in [3.8, 4) is 0 Å². The third-order valence-corrected chi connectivity index (χ3v) is 5.06. The average Bonchev–Trinajstić information content (AvgIpc) is 2.97. The molecule has 2 aromatic carbocycles. The molecule has 0 saturated carbocycles. The lowest BCUT2D eigenvalue weighted by molar-refractivity contribution is -0.136. The first-order valence-electron chi connectivity index (χ1n) is 8.61. The highest BCUT2D eigenvalue weighted by Crippen LogP contribution is 2.39. The van der Waals surface area contributed by atoms with Crippen molar-refractivity contribution in [2.75, 3.05) is 12.4 Å². The van der Waals surface area contributed by atoms with E-state index < -0.39 is 0 Å². The van der Waals surface area contributed by atoms with E-state index in [4.69, 9.17) is 9.72 Å². The molecule has 1 N–H and O–H groups in total. The Kier molecular flexibility index (Phi) is 3.80. The van der Waals surface area contributed by atoms with E-state index in [1.165, 1.54) is 18.2 Å². The zero-order valence-corrected chi connectivity index (χ0v) is 15.3. The van der Waals surface area contributed by atoms with Crippen molar-refractivity contribution in [3.63, 3.8) is 0 Å². The van der Waals surface area contributed by atoms with Crippen LogP contribution < -0.4 is 5.32 Å². The van der Waals surface area contributed by atoms with Crippen LogP contribution in [0.25, 0.3) is 11.0 Å². The van der Waals surface area contributed by atoms with E-state index in [2.05, 4.69) is 35.9 Å². The number of rotatable bonds is 2. The summed E-state index contributed by atoms with van der Waals surface area (Å²) < 4.78 is 7.18. The summed E-state index contributed by atoms with van der Waals surface area (Å²) in [6.45, 7) is 6.06. The molecule has 132 valence electrons. The monoisotopic (exact) mass is 347 g/mol. The van der Waals surface area contributed by atoms with Gasteiger partial charge in [0.1, 0.15) is 0 Å². The van der Waals surface area contributed by atoms with Crippen LogP contribution >= 0.6 is 0 Å². The van der Waals surface area contributed by atoms with E-state index in [9.17, 15) is 4.79 Å². The van der Waals surface area contributed by atoms with Crippen LogP contribution in [0.15, 0.2) is 53.7 Å². The molecule has 4 rings (SSSR count). The van der Waals surface area contributed by atoms with Crippen LogP contribution in [0.4, 0.5) is 5.95 Å². The zero-order chi connectivity index (χ0) is 18.4. The van der Waals surface area contributed by atoms with Crippen LogP contribution in [-0.4, -0.2) is 22.6 Å². The number of aryl methyl sites for hydroxylation is 2. The number of benzene rings is 2. The number of ether oxygens (including phenoxy) is 1. The molecule has 0 spiro atoms. The zero-order valence-electron chi connectivity index (χ0n) is 15.3. The predicted molar refractivity (Wildman–Crippen MR) is 102 cm³/mol. The molecular formula is C21H21N3O2. The first kappa shape index (κ1) is 16.4. The summed E-state index contributed by atoms with van der Waals surface area (Å²) in [4.78, 5) is 17.4. The number of anilines is 1. The molecular weight excluding hydrogens is 326 g/mol. The maximum Gasteiger partial charge on any atom is 0.337 e. The quantitative estimate of drug-likeness (QED) is 0.709. The number of fused-ring (bicyclic) bond motifs is 3. The van der Waals surface area contributed by atoms with Crippen LogP contribution in [0.1, 0.15) is 29.7 Å². The molecule has 26 heavy (non-hydrogen) atoms. The number of hydrogen-bond donors (Lipinski definition) is 1. The maximum atomic E-state index is 12.6. The van der Waals surface area contributed by atoms with Crippen molar-refractivity contribution in [3.05, 3.63) is 70.4 Å². The Morgan fingerprint density at radius 1 is 1.12 bits per heavy atom. The van der Waals surface area contributed by atoms with E-state index in [0.717, 1.165) is 28.2 Å². The second-order valence-corrected chi connectivity index (χ2v) is 6.70. The van der Waals surface area contributed by atoms with Gasteiger partial charge >= 0.3 is 5.97 Å². The molecule has 3 aromatic rings. The lowest BCUT2D eigenvalue weighted by Crippen LogP contribution is -2.28. The average molecular weight is 347 g/mol. The van der Waals surface area contributed by atoms with Gasteiger partial charge in [0.25, 0.3) is 0 Å². The van der Waals surface area contributed by atoms with Crippen molar-refractivity contribution < 1.29 is 9.53 Å². The van der Waals surface area contributed by atoms with Crippen LogP contribution in [0.5, 0.6) is 0 Å². The third-order valence-electron chi connectivity index (χ3n) is 5.06. The Morgan fingerprint density at radius 2 is 1.81 bits per heavy atom. The maximum absolute atomic E-state index is 12.6. The van der Waals surface area contributed by atoms with E-state index >= 15 is 0 Å². The molecule has 0 saturated heterocycles. The fourth-order valence-electron chi connectivity index (χ4n) is 3.59. The van der Waals surface area contributed by atoms with Gasteiger partial charge in [-0.2, -0.15) is 0 Å². The minimum absolute atomic E-state index is 0.285. The van der Waals surface area contributed by atoms with Crippen molar-refractivity contribution in [2.24, 2.45) is 0 Å². The summed E-state index contributed by atoms with van der Waals surface area (Å²) in [7, 11) is 1.42. The molecule has 2 heterocycles. The van der Waals surface area contributed by atoms with E-state index in [-0.39, 0.29) is 12.0 Å². The molecule has 0 amide bonds. The smallest absolute Gasteiger partial charge is 0.337 e. The van der Waals surface area contributed by atoms with E-state index in [1.54, 1.807) is 0 Å². The first-order valence-corrected chi connectivity index (χ1v) is 8.61. The van der Waals surface area contributed by atoms with Gasteiger partial charge in [0.05, 0.1) is 29.8 Å². The molecule has 0 aliphatic carbocycles. The number of carbonyl (C=O) groups excluding carboxylic acids is 1. The van der Waals surface area contributed by atoms with Crippen molar-refractivity contribution in [1.29, 1.82) is 0 Å². The minimum Gasteiger partial charge on any atom is -0.466 e. The second kappa shape index (κ2) is 6.02. The third kappa shape index (κ3) is 2.39. The van der Waals surface area contributed by atoms with Gasteiger partial charge in [-0.1, -0.05) is 30.3 Å². The van der Waals surface area contributed by atoms with Gasteiger partial charge in [-0.25, -0.2) is 9.78 Å². The summed E-state index contributed by atoms with van der Waals surface area (Å²) in [5.41, 5.74) is 6.69. The highest BCUT2D eigenvalue weighted by molar-refractivity contribution is 5.94. The summed E-state index contributed by atoms with van der Waals surface area (Å²) in [6.07, 6.45) is 0. The van der Waals surface area contributed by atoms with Crippen LogP contribution in [0, 0.1) is 13.8 Å². The summed E-state index contributed by atoms with van der Waals surface area (Å²) in [6, 6.07) is 13.9. The molecule has 0 radical (unpaired) electrons. The molecule has 0 bridgehead atoms. The lowest BCUT2D eigenvalue weighted by atomic mass is 9.95. The fraction of sp³-hybridized carbons (Fsp3) is 0.238. The van der Waals surface area contributed by atoms with Gasteiger partial charge < -0.3 is 10.1 Å². The molecule has 1 atom stereocenters. The number of methoxy groups -OCH3 is 1. The SMILES string of the molecule is COC(=O)C1=C(C)Nc2nc3cc(C)c(C)cc3n2C1c1ccccc1.